The summed E-state index contributed by atoms with van der Waals surface area (Å²) in [5, 5.41) is 12.8. The highest BCUT2D eigenvalue weighted by molar-refractivity contribution is 6.27. The zero-order valence-electron chi connectivity index (χ0n) is 19.7. The van der Waals surface area contributed by atoms with Gasteiger partial charge in [-0.3, -0.25) is 14.5 Å². The zero-order chi connectivity index (χ0) is 26.0. The topological polar surface area (TPSA) is 105 Å². The van der Waals surface area contributed by atoms with E-state index >= 15 is 0 Å². The van der Waals surface area contributed by atoms with E-state index in [4.69, 9.17) is 21.1 Å². The molecule has 0 aromatic heterocycles. The Hall–Kier alpha value is -3.72. The molecule has 2 fully saturated rings. The van der Waals surface area contributed by atoms with Gasteiger partial charge in [-0.15, -0.1) is 11.6 Å². The second-order valence-corrected chi connectivity index (χ2v) is 9.75. The van der Waals surface area contributed by atoms with Crippen molar-refractivity contribution in [1.82, 2.24) is 10.2 Å². The van der Waals surface area contributed by atoms with Crippen LogP contribution in [-0.2, 0) is 19.1 Å². The fraction of sp³-hybridized carbons (Fsp3) is 0.250. The first-order chi connectivity index (χ1) is 17.9. The summed E-state index contributed by atoms with van der Waals surface area (Å²) in [6.07, 6.45) is -1.69. The SMILES string of the molecule is O=C(N[C@H]1C(=O)N2[C@@H]1OC[C@](Cl)(CO)[C@@H]2C(=O)OC(c1ccccc1)c1ccccc1)c1ccccc1. The van der Waals surface area contributed by atoms with Gasteiger partial charge in [-0.25, -0.2) is 4.79 Å². The lowest BCUT2D eigenvalue weighted by atomic mass is 9.89. The number of esters is 1. The molecule has 0 saturated carbocycles. The highest BCUT2D eigenvalue weighted by atomic mass is 35.5. The first-order valence-corrected chi connectivity index (χ1v) is 12.2. The molecule has 2 N–H and O–H groups in total. The Morgan fingerprint density at radius 2 is 1.54 bits per heavy atom. The molecule has 4 atom stereocenters. The van der Waals surface area contributed by atoms with Crippen molar-refractivity contribution in [2.24, 2.45) is 0 Å². The van der Waals surface area contributed by atoms with E-state index in [2.05, 4.69) is 5.32 Å². The van der Waals surface area contributed by atoms with Crippen LogP contribution >= 0.6 is 11.6 Å². The van der Waals surface area contributed by atoms with Gasteiger partial charge in [0.25, 0.3) is 11.8 Å². The van der Waals surface area contributed by atoms with Crippen LogP contribution in [0, 0.1) is 0 Å². The second-order valence-electron chi connectivity index (χ2n) is 9.00. The van der Waals surface area contributed by atoms with Gasteiger partial charge < -0.3 is 19.9 Å². The molecule has 3 aromatic carbocycles. The molecule has 190 valence electrons. The molecule has 3 aromatic rings. The molecule has 2 heterocycles. The van der Waals surface area contributed by atoms with Crippen LogP contribution in [0.4, 0.5) is 0 Å². The number of nitrogens with zero attached hydrogens (tertiary/aromatic N) is 1. The Kier molecular flexibility index (Phi) is 6.97. The molecule has 8 nitrogen and oxygen atoms in total. The molecule has 2 amide bonds. The number of carbonyl (C=O) groups excluding carboxylic acids is 3. The maximum absolute atomic E-state index is 13.7. The summed E-state index contributed by atoms with van der Waals surface area (Å²) >= 11 is 6.65. The summed E-state index contributed by atoms with van der Waals surface area (Å²) < 4.78 is 11.7. The van der Waals surface area contributed by atoms with Crippen LogP contribution in [0.2, 0.25) is 0 Å². The number of hydrogen-bond donors (Lipinski definition) is 2. The third-order valence-electron chi connectivity index (χ3n) is 6.59. The third-order valence-corrected chi connectivity index (χ3v) is 7.02. The fourth-order valence-corrected chi connectivity index (χ4v) is 4.92. The Balaban J connectivity index is 1.39. The van der Waals surface area contributed by atoms with Gasteiger partial charge in [-0.1, -0.05) is 78.9 Å². The Morgan fingerprint density at radius 1 is 1.00 bits per heavy atom. The Morgan fingerprint density at radius 3 is 2.08 bits per heavy atom. The van der Waals surface area contributed by atoms with E-state index in [-0.39, 0.29) is 6.61 Å². The quantitative estimate of drug-likeness (QED) is 0.282. The number of aliphatic hydroxyl groups is 1. The number of halogens is 1. The summed E-state index contributed by atoms with van der Waals surface area (Å²) in [5.74, 6) is -1.78. The van der Waals surface area contributed by atoms with Gasteiger partial charge in [-0.2, -0.15) is 0 Å². The molecule has 5 rings (SSSR count). The second kappa shape index (κ2) is 10.3. The van der Waals surface area contributed by atoms with Crippen molar-refractivity contribution in [3.05, 3.63) is 108 Å². The summed E-state index contributed by atoms with van der Waals surface area (Å²) in [4.78, 5) is 39.0. The van der Waals surface area contributed by atoms with Gasteiger partial charge in [0, 0.05) is 5.56 Å². The van der Waals surface area contributed by atoms with E-state index in [1.807, 2.05) is 60.7 Å². The van der Waals surface area contributed by atoms with Gasteiger partial charge in [-0.05, 0) is 23.3 Å². The minimum Gasteiger partial charge on any atom is -0.451 e. The molecule has 0 spiro atoms. The van der Waals surface area contributed by atoms with Crippen LogP contribution in [0.25, 0.3) is 0 Å². The molecule has 2 saturated heterocycles. The first kappa shape index (κ1) is 25.0. The van der Waals surface area contributed by atoms with Crippen LogP contribution in [0.3, 0.4) is 0 Å². The van der Waals surface area contributed by atoms with E-state index < -0.39 is 53.7 Å². The Bertz CT molecular complexity index is 1240. The predicted octanol–water partition coefficient (Wildman–Crippen LogP) is 2.65. The minimum atomic E-state index is -1.62. The number of alkyl halides is 1. The summed E-state index contributed by atoms with van der Waals surface area (Å²) in [6, 6.07) is 24.5. The van der Waals surface area contributed by atoms with Crippen molar-refractivity contribution in [1.29, 1.82) is 0 Å². The van der Waals surface area contributed by atoms with Crippen molar-refractivity contribution in [2.75, 3.05) is 13.2 Å². The maximum Gasteiger partial charge on any atom is 0.331 e. The minimum absolute atomic E-state index is 0.224. The van der Waals surface area contributed by atoms with Crippen molar-refractivity contribution in [3.63, 3.8) is 0 Å². The van der Waals surface area contributed by atoms with Gasteiger partial charge in [0.2, 0.25) is 0 Å². The number of carbonyl (C=O) groups is 3. The highest BCUT2D eigenvalue weighted by Gasteiger charge is 2.63. The first-order valence-electron chi connectivity index (χ1n) is 11.8. The summed E-state index contributed by atoms with van der Waals surface area (Å²) in [7, 11) is 0. The molecule has 2 aliphatic heterocycles. The standard InChI is InChI=1S/C28H25ClN2O6/c29-28(16-32)17-36-26-21(30-24(33)20-14-8-3-9-15-20)25(34)31(26)23(28)27(35)37-22(18-10-4-1-5-11-18)19-12-6-2-7-13-19/h1-15,21-23,26,32H,16-17H2,(H,30,33)/t21-,23-,26+,28+/m0/s1. The van der Waals surface area contributed by atoms with Crippen LogP contribution in [0.1, 0.15) is 27.6 Å². The molecule has 37 heavy (non-hydrogen) atoms. The molecule has 0 bridgehead atoms. The summed E-state index contributed by atoms with van der Waals surface area (Å²) in [6.45, 7) is -0.856. The van der Waals surface area contributed by atoms with E-state index in [0.717, 1.165) is 16.0 Å². The Labute approximate surface area is 218 Å². The lowest BCUT2D eigenvalue weighted by Crippen LogP contribution is -2.81. The van der Waals surface area contributed by atoms with Crippen LogP contribution in [0.5, 0.6) is 0 Å². The molecular weight excluding hydrogens is 496 g/mol. The van der Waals surface area contributed by atoms with Crippen LogP contribution < -0.4 is 5.32 Å². The van der Waals surface area contributed by atoms with Crippen molar-refractivity contribution in [3.8, 4) is 0 Å². The molecule has 2 aliphatic rings. The van der Waals surface area contributed by atoms with Crippen molar-refractivity contribution >= 4 is 29.4 Å². The predicted molar refractivity (Wildman–Crippen MR) is 135 cm³/mol. The number of fused-ring (bicyclic) bond motifs is 1. The normalized spacial score (nSPS) is 24.7. The van der Waals surface area contributed by atoms with E-state index in [1.165, 1.54) is 0 Å². The number of nitrogens with one attached hydrogen (secondary N) is 1. The van der Waals surface area contributed by atoms with Crippen LogP contribution in [-0.4, -0.2) is 64.2 Å². The number of hydrogen-bond acceptors (Lipinski definition) is 6. The van der Waals surface area contributed by atoms with Gasteiger partial charge in [0.1, 0.15) is 4.87 Å². The summed E-state index contributed by atoms with van der Waals surface area (Å²) in [5.41, 5.74) is 1.85. The lowest BCUT2D eigenvalue weighted by Gasteiger charge is -2.56. The number of benzene rings is 3. The fourth-order valence-electron chi connectivity index (χ4n) is 4.66. The smallest absolute Gasteiger partial charge is 0.331 e. The number of ether oxygens (including phenoxy) is 2. The zero-order valence-corrected chi connectivity index (χ0v) is 20.5. The molecule has 0 unspecified atom stereocenters. The molecule has 0 aliphatic carbocycles. The van der Waals surface area contributed by atoms with Crippen LogP contribution in [0.15, 0.2) is 91.0 Å². The molecule has 0 radical (unpaired) electrons. The molecular formula is C28H25ClN2O6. The number of amides is 2. The monoisotopic (exact) mass is 520 g/mol. The van der Waals surface area contributed by atoms with E-state index in [9.17, 15) is 19.5 Å². The third kappa shape index (κ3) is 4.71. The maximum atomic E-state index is 13.7. The number of β-lactam (4-membered cyclic amide) rings is 1. The van der Waals surface area contributed by atoms with E-state index in [0.29, 0.717) is 5.56 Å². The van der Waals surface area contributed by atoms with Gasteiger partial charge in [0.05, 0.1) is 13.2 Å². The number of aliphatic hydroxyl groups excluding tert-OH is 1. The number of rotatable bonds is 7. The molecule has 9 heteroatoms. The average molecular weight is 521 g/mol. The lowest BCUT2D eigenvalue weighted by molar-refractivity contribution is -0.223. The van der Waals surface area contributed by atoms with Crippen molar-refractivity contribution in [2.45, 2.75) is 29.3 Å². The largest absolute Gasteiger partial charge is 0.451 e. The van der Waals surface area contributed by atoms with Crippen molar-refractivity contribution < 1.29 is 29.0 Å². The van der Waals surface area contributed by atoms with E-state index in [1.54, 1.807) is 30.3 Å². The highest BCUT2D eigenvalue weighted by Crippen LogP contribution is 2.40. The average Bonchev–Trinajstić information content (AvgIpc) is 2.95. The van der Waals surface area contributed by atoms with Gasteiger partial charge >= 0.3 is 5.97 Å². The van der Waals surface area contributed by atoms with Gasteiger partial charge in [0.15, 0.2) is 24.4 Å².